The second kappa shape index (κ2) is 3.14. The monoisotopic (exact) mass is 208 g/mol. The lowest BCUT2D eigenvalue weighted by Crippen LogP contribution is -2.00. The lowest BCUT2D eigenvalue weighted by molar-refractivity contribution is 0.564. The molecule has 0 bridgehead atoms. The van der Waals surface area contributed by atoms with Gasteiger partial charge in [0.05, 0.1) is 5.39 Å². The van der Waals surface area contributed by atoms with Crippen LogP contribution in [-0.2, 0) is 0 Å². The van der Waals surface area contributed by atoms with E-state index < -0.39 is 0 Å². The maximum Gasteiger partial charge on any atom is 0.192 e. The Morgan fingerprint density at radius 3 is 2.64 bits per heavy atom. The van der Waals surface area contributed by atoms with Crippen molar-refractivity contribution in [2.24, 2.45) is 0 Å². The summed E-state index contributed by atoms with van der Waals surface area (Å²) >= 11 is 5.92. The summed E-state index contributed by atoms with van der Waals surface area (Å²) in [6.45, 7) is 3.63. The molecule has 0 saturated heterocycles. The van der Waals surface area contributed by atoms with Crippen molar-refractivity contribution in [1.29, 1.82) is 0 Å². The fraction of sp³-hybridized carbons (Fsp3) is 0.182. The first kappa shape index (κ1) is 9.28. The summed E-state index contributed by atoms with van der Waals surface area (Å²) in [5.74, 6) is 0.615. The van der Waals surface area contributed by atoms with Crippen LogP contribution < -0.4 is 5.43 Å². The summed E-state index contributed by atoms with van der Waals surface area (Å²) < 4.78 is 5.42. The molecule has 2 rings (SSSR count). The second-order valence-corrected chi connectivity index (χ2v) is 3.73. The van der Waals surface area contributed by atoms with Gasteiger partial charge in [-0.3, -0.25) is 4.79 Å². The van der Waals surface area contributed by atoms with Crippen LogP contribution in [-0.4, -0.2) is 0 Å². The standard InChI is InChI=1S/C11H9ClO2/c1-6-3-11-8(5-9(6)12)10(13)4-7(2)14-11/h3-5H,1-2H3. The predicted octanol–water partition coefficient (Wildman–Crippen LogP) is 3.06. The van der Waals surface area contributed by atoms with Crippen LogP contribution in [0.3, 0.4) is 0 Å². The second-order valence-electron chi connectivity index (χ2n) is 3.32. The van der Waals surface area contributed by atoms with Crippen LogP contribution in [0.5, 0.6) is 0 Å². The molecule has 1 aromatic carbocycles. The zero-order valence-electron chi connectivity index (χ0n) is 7.93. The molecule has 0 unspecified atom stereocenters. The van der Waals surface area contributed by atoms with Gasteiger partial charge in [0.2, 0.25) is 0 Å². The first-order valence-corrected chi connectivity index (χ1v) is 4.66. The minimum atomic E-state index is -0.0503. The minimum absolute atomic E-state index is 0.0503. The van der Waals surface area contributed by atoms with Crippen molar-refractivity contribution in [2.45, 2.75) is 13.8 Å². The van der Waals surface area contributed by atoms with Crippen LogP contribution in [0.2, 0.25) is 5.02 Å². The molecule has 0 atom stereocenters. The number of halogens is 1. The molecule has 0 fully saturated rings. The van der Waals surface area contributed by atoms with E-state index in [9.17, 15) is 4.79 Å². The van der Waals surface area contributed by atoms with E-state index in [1.165, 1.54) is 6.07 Å². The normalized spacial score (nSPS) is 10.8. The molecule has 0 saturated carbocycles. The first-order chi connectivity index (χ1) is 6.58. The Morgan fingerprint density at radius 2 is 1.93 bits per heavy atom. The highest BCUT2D eigenvalue weighted by atomic mass is 35.5. The average molecular weight is 209 g/mol. The lowest BCUT2D eigenvalue weighted by atomic mass is 10.1. The van der Waals surface area contributed by atoms with Gasteiger partial charge in [-0.2, -0.15) is 0 Å². The van der Waals surface area contributed by atoms with E-state index in [0.717, 1.165) is 5.56 Å². The number of benzene rings is 1. The minimum Gasteiger partial charge on any atom is -0.461 e. The molecule has 0 radical (unpaired) electrons. The molecular weight excluding hydrogens is 200 g/mol. The summed E-state index contributed by atoms with van der Waals surface area (Å²) in [5.41, 5.74) is 1.45. The van der Waals surface area contributed by atoms with E-state index in [1.807, 2.05) is 6.92 Å². The molecule has 1 aromatic heterocycles. The quantitative estimate of drug-likeness (QED) is 0.666. The van der Waals surface area contributed by atoms with E-state index in [1.54, 1.807) is 19.1 Å². The van der Waals surface area contributed by atoms with Crippen molar-refractivity contribution in [3.8, 4) is 0 Å². The van der Waals surface area contributed by atoms with E-state index in [-0.39, 0.29) is 5.43 Å². The number of rotatable bonds is 0. The van der Waals surface area contributed by atoms with E-state index >= 15 is 0 Å². The molecule has 0 spiro atoms. The summed E-state index contributed by atoms with van der Waals surface area (Å²) in [4.78, 5) is 11.5. The van der Waals surface area contributed by atoms with Gasteiger partial charge in [0.25, 0.3) is 0 Å². The molecular formula is C11H9ClO2. The molecule has 0 aliphatic heterocycles. The Morgan fingerprint density at radius 1 is 1.21 bits per heavy atom. The predicted molar refractivity (Wildman–Crippen MR) is 57.0 cm³/mol. The van der Waals surface area contributed by atoms with Crippen molar-refractivity contribution in [1.82, 2.24) is 0 Å². The Balaban J connectivity index is 2.96. The largest absolute Gasteiger partial charge is 0.461 e. The Labute approximate surface area is 86.1 Å². The molecule has 0 N–H and O–H groups in total. The summed E-state index contributed by atoms with van der Waals surface area (Å²) in [7, 11) is 0. The highest BCUT2D eigenvalue weighted by Crippen LogP contribution is 2.21. The molecule has 72 valence electrons. The topological polar surface area (TPSA) is 30.2 Å². The first-order valence-electron chi connectivity index (χ1n) is 4.28. The lowest BCUT2D eigenvalue weighted by Gasteiger charge is -2.01. The third-order valence-corrected chi connectivity index (χ3v) is 2.54. The van der Waals surface area contributed by atoms with Crippen LogP contribution >= 0.6 is 11.6 Å². The molecule has 2 aromatic rings. The number of fused-ring (bicyclic) bond motifs is 1. The maximum atomic E-state index is 11.5. The molecule has 14 heavy (non-hydrogen) atoms. The molecule has 0 amide bonds. The van der Waals surface area contributed by atoms with Crippen molar-refractivity contribution < 1.29 is 4.42 Å². The van der Waals surface area contributed by atoms with E-state index in [4.69, 9.17) is 16.0 Å². The van der Waals surface area contributed by atoms with Crippen LogP contribution in [0.4, 0.5) is 0 Å². The summed E-state index contributed by atoms with van der Waals surface area (Å²) in [6, 6.07) is 4.90. The smallest absolute Gasteiger partial charge is 0.192 e. The van der Waals surface area contributed by atoms with Gasteiger partial charge in [-0.1, -0.05) is 11.6 Å². The Kier molecular flexibility index (Phi) is 2.08. The van der Waals surface area contributed by atoms with Crippen molar-refractivity contribution >= 4 is 22.6 Å². The van der Waals surface area contributed by atoms with Gasteiger partial charge >= 0.3 is 0 Å². The van der Waals surface area contributed by atoms with Gasteiger partial charge in [0.15, 0.2) is 5.43 Å². The van der Waals surface area contributed by atoms with Crippen LogP contribution in [0.25, 0.3) is 11.0 Å². The van der Waals surface area contributed by atoms with Crippen LogP contribution in [0.15, 0.2) is 27.4 Å². The van der Waals surface area contributed by atoms with Crippen LogP contribution in [0.1, 0.15) is 11.3 Å². The van der Waals surface area contributed by atoms with Crippen molar-refractivity contribution in [3.05, 3.63) is 44.8 Å². The molecule has 0 aliphatic rings. The van der Waals surface area contributed by atoms with Gasteiger partial charge < -0.3 is 4.42 Å². The third kappa shape index (κ3) is 1.42. The molecule has 2 nitrogen and oxygen atoms in total. The zero-order chi connectivity index (χ0) is 10.3. The fourth-order valence-corrected chi connectivity index (χ4v) is 1.56. The average Bonchev–Trinajstić information content (AvgIpc) is 2.08. The fourth-order valence-electron chi connectivity index (χ4n) is 1.40. The number of hydrogen-bond acceptors (Lipinski definition) is 2. The van der Waals surface area contributed by atoms with E-state index in [2.05, 4.69) is 0 Å². The Hall–Kier alpha value is -1.28. The summed E-state index contributed by atoms with van der Waals surface area (Å²) in [5, 5.41) is 1.12. The van der Waals surface area contributed by atoms with Crippen molar-refractivity contribution in [2.75, 3.05) is 0 Å². The van der Waals surface area contributed by atoms with E-state index in [0.29, 0.717) is 21.8 Å². The van der Waals surface area contributed by atoms with Gasteiger partial charge in [-0.25, -0.2) is 0 Å². The highest BCUT2D eigenvalue weighted by molar-refractivity contribution is 6.32. The van der Waals surface area contributed by atoms with Gasteiger partial charge in [-0.05, 0) is 31.5 Å². The Bertz CT molecular complexity index is 555. The number of hydrogen-bond donors (Lipinski definition) is 0. The molecule has 1 heterocycles. The maximum absolute atomic E-state index is 11.5. The van der Waals surface area contributed by atoms with Crippen LogP contribution in [0, 0.1) is 13.8 Å². The zero-order valence-corrected chi connectivity index (χ0v) is 8.68. The number of aryl methyl sites for hydroxylation is 2. The summed E-state index contributed by atoms with van der Waals surface area (Å²) in [6.07, 6.45) is 0. The molecule has 0 aliphatic carbocycles. The third-order valence-electron chi connectivity index (χ3n) is 2.13. The van der Waals surface area contributed by atoms with Crippen molar-refractivity contribution in [3.63, 3.8) is 0 Å². The van der Waals surface area contributed by atoms with Gasteiger partial charge in [0.1, 0.15) is 11.3 Å². The molecule has 3 heteroatoms. The van der Waals surface area contributed by atoms with Gasteiger partial charge in [-0.15, -0.1) is 0 Å². The van der Waals surface area contributed by atoms with Gasteiger partial charge in [0, 0.05) is 11.1 Å². The highest BCUT2D eigenvalue weighted by Gasteiger charge is 2.05. The SMILES string of the molecule is Cc1cc(=O)c2cc(Cl)c(C)cc2o1.